The van der Waals surface area contributed by atoms with Crippen LogP contribution in [0.2, 0.25) is 0 Å². The predicted molar refractivity (Wildman–Crippen MR) is 97.0 cm³/mol. The number of carbonyl (C=O) groups excluding carboxylic acids is 3. The molecule has 0 radical (unpaired) electrons. The lowest BCUT2D eigenvalue weighted by Crippen LogP contribution is -2.48. The van der Waals surface area contributed by atoms with Gasteiger partial charge in [-0.25, -0.2) is 0 Å². The van der Waals surface area contributed by atoms with E-state index in [4.69, 9.17) is 0 Å². The van der Waals surface area contributed by atoms with Crippen LogP contribution in [0.25, 0.3) is 0 Å². The summed E-state index contributed by atoms with van der Waals surface area (Å²) in [6, 6.07) is 12.4. The van der Waals surface area contributed by atoms with Gasteiger partial charge in [-0.2, -0.15) is 0 Å². The molecule has 2 heterocycles. The third-order valence-electron chi connectivity index (χ3n) is 4.42. The van der Waals surface area contributed by atoms with Crippen molar-refractivity contribution in [2.24, 2.45) is 0 Å². The number of amides is 3. The Balaban J connectivity index is 1.74. The third kappa shape index (κ3) is 3.72. The van der Waals surface area contributed by atoms with E-state index in [1.165, 1.54) is 17.2 Å². The molecular formula is C19H20N4O3. The van der Waals surface area contributed by atoms with Crippen LogP contribution in [0.4, 0.5) is 5.69 Å². The van der Waals surface area contributed by atoms with Crippen LogP contribution in [0.15, 0.2) is 48.7 Å². The Morgan fingerprint density at radius 2 is 1.77 bits per heavy atom. The fourth-order valence-electron chi connectivity index (χ4n) is 2.84. The van der Waals surface area contributed by atoms with Crippen molar-refractivity contribution < 1.29 is 14.4 Å². The maximum absolute atomic E-state index is 12.7. The monoisotopic (exact) mass is 352 g/mol. The number of benzene rings is 1. The molecule has 134 valence electrons. The summed E-state index contributed by atoms with van der Waals surface area (Å²) < 4.78 is 0. The predicted octanol–water partition coefficient (Wildman–Crippen LogP) is 1.27. The number of carbonyl (C=O) groups is 3. The van der Waals surface area contributed by atoms with Gasteiger partial charge in [0, 0.05) is 50.7 Å². The van der Waals surface area contributed by atoms with E-state index in [1.807, 2.05) is 30.3 Å². The maximum atomic E-state index is 12.7. The van der Waals surface area contributed by atoms with Crippen LogP contribution in [-0.2, 0) is 4.79 Å². The molecule has 26 heavy (non-hydrogen) atoms. The highest BCUT2D eigenvalue weighted by Crippen LogP contribution is 2.16. The normalized spacial score (nSPS) is 14.0. The van der Waals surface area contributed by atoms with E-state index >= 15 is 0 Å². The van der Waals surface area contributed by atoms with Gasteiger partial charge in [-0.3, -0.25) is 19.4 Å². The SMILES string of the molecule is CN(C(=O)c1ccnc(C(=O)N2CCN(C=O)CC2)c1)c1ccccc1. The molecule has 1 saturated heterocycles. The number of nitrogens with zero attached hydrogens (tertiary/aromatic N) is 4. The van der Waals surface area contributed by atoms with Gasteiger partial charge in [-0.1, -0.05) is 18.2 Å². The molecule has 3 rings (SSSR count). The number of hydrogen-bond donors (Lipinski definition) is 0. The minimum atomic E-state index is -0.229. The number of hydrogen-bond acceptors (Lipinski definition) is 4. The molecule has 1 aliphatic rings. The van der Waals surface area contributed by atoms with Gasteiger partial charge >= 0.3 is 0 Å². The van der Waals surface area contributed by atoms with E-state index in [9.17, 15) is 14.4 Å². The number of anilines is 1. The van der Waals surface area contributed by atoms with Crippen molar-refractivity contribution in [3.63, 3.8) is 0 Å². The van der Waals surface area contributed by atoms with Gasteiger partial charge in [-0.15, -0.1) is 0 Å². The smallest absolute Gasteiger partial charge is 0.272 e. The van der Waals surface area contributed by atoms with Crippen LogP contribution in [0, 0.1) is 0 Å². The zero-order valence-corrected chi connectivity index (χ0v) is 14.5. The third-order valence-corrected chi connectivity index (χ3v) is 4.42. The number of piperazine rings is 1. The molecule has 3 amide bonds. The Hall–Kier alpha value is -3.22. The fourth-order valence-corrected chi connectivity index (χ4v) is 2.84. The zero-order chi connectivity index (χ0) is 18.5. The van der Waals surface area contributed by atoms with Crippen LogP contribution in [0.3, 0.4) is 0 Å². The molecule has 1 aromatic heterocycles. The first-order valence-corrected chi connectivity index (χ1v) is 8.38. The standard InChI is InChI=1S/C19H20N4O3/c1-21(16-5-3-2-4-6-16)18(25)15-7-8-20-17(13-15)19(26)23-11-9-22(14-24)10-12-23/h2-8,13-14H,9-12H2,1H3. The summed E-state index contributed by atoms with van der Waals surface area (Å²) in [7, 11) is 1.69. The van der Waals surface area contributed by atoms with Gasteiger partial charge in [-0.05, 0) is 24.3 Å². The van der Waals surface area contributed by atoms with Crippen molar-refractivity contribution in [1.82, 2.24) is 14.8 Å². The summed E-state index contributed by atoms with van der Waals surface area (Å²) in [4.78, 5) is 45.1. The van der Waals surface area contributed by atoms with Gasteiger partial charge < -0.3 is 14.7 Å². The summed E-state index contributed by atoms with van der Waals surface area (Å²) in [5, 5.41) is 0. The van der Waals surface area contributed by atoms with Crippen molar-refractivity contribution in [2.45, 2.75) is 0 Å². The first-order chi connectivity index (χ1) is 12.6. The minimum absolute atomic E-state index is 0.210. The molecule has 0 atom stereocenters. The van der Waals surface area contributed by atoms with E-state index in [0.29, 0.717) is 31.7 Å². The highest BCUT2D eigenvalue weighted by molar-refractivity contribution is 6.06. The minimum Gasteiger partial charge on any atom is -0.342 e. The molecular weight excluding hydrogens is 332 g/mol. The molecule has 7 heteroatoms. The topological polar surface area (TPSA) is 73.8 Å². The molecule has 7 nitrogen and oxygen atoms in total. The first kappa shape index (κ1) is 17.6. The van der Waals surface area contributed by atoms with E-state index in [-0.39, 0.29) is 17.5 Å². The second-order valence-corrected chi connectivity index (χ2v) is 6.06. The first-order valence-electron chi connectivity index (χ1n) is 8.38. The van der Waals surface area contributed by atoms with E-state index in [2.05, 4.69) is 4.98 Å². The average molecular weight is 352 g/mol. The van der Waals surface area contributed by atoms with Gasteiger partial charge in [0.2, 0.25) is 6.41 Å². The van der Waals surface area contributed by atoms with Crippen LogP contribution in [0.5, 0.6) is 0 Å². The van der Waals surface area contributed by atoms with Gasteiger partial charge in [0.25, 0.3) is 11.8 Å². The summed E-state index contributed by atoms with van der Waals surface area (Å²) in [6.07, 6.45) is 2.26. The molecule has 0 spiro atoms. The van der Waals surface area contributed by atoms with Crippen molar-refractivity contribution in [2.75, 3.05) is 38.1 Å². The Morgan fingerprint density at radius 3 is 2.42 bits per heavy atom. The van der Waals surface area contributed by atoms with Crippen LogP contribution < -0.4 is 4.90 Å². The van der Waals surface area contributed by atoms with Crippen molar-refractivity contribution in [3.8, 4) is 0 Å². The molecule has 0 aliphatic carbocycles. The van der Waals surface area contributed by atoms with Gasteiger partial charge in [0.15, 0.2) is 0 Å². The summed E-state index contributed by atoms with van der Waals surface area (Å²) in [6.45, 7) is 1.93. The highest BCUT2D eigenvalue weighted by Gasteiger charge is 2.23. The Bertz CT molecular complexity index is 801. The van der Waals surface area contributed by atoms with E-state index in [1.54, 1.807) is 22.9 Å². The number of aromatic nitrogens is 1. The Labute approximate surface area is 151 Å². The van der Waals surface area contributed by atoms with Crippen LogP contribution in [-0.4, -0.2) is 66.2 Å². The molecule has 1 aromatic carbocycles. The second kappa shape index (κ2) is 7.77. The zero-order valence-electron chi connectivity index (χ0n) is 14.5. The second-order valence-electron chi connectivity index (χ2n) is 6.06. The molecule has 0 bridgehead atoms. The molecule has 1 aliphatic heterocycles. The lowest BCUT2D eigenvalue weighted by atomic mass is 10.1. The van der Waals surface area contributed by atoms with Crippen molar-refractivity contribution >= 4 is 23.9 Å². The Morgan fingerprint density at radius 1 is 1.08 bits per heavy atom. The summed E-state index contributed by atoms with van der Waals surface area (Å²) in [5.74, 6) is -0.439. The highest BCUT2D eigenvalue weighted by atomic mass is 16.2. The maximum Gasteiger partial charge on any atom is 0.272 e. The van der Waals surface area contributed by atoms with Crippen LogP contribution in [0.1, 0.15) is 20.8 Å². The molecule has 0 N–H and O–H groups in total. The molecule has 0 saturated carbocycles. The number of rotatable bonds is 4. The van der Waals surface area contributed by atoms with Gasteiger partial charge in [0.1, 0.15) is 5.69 Å². The summed E-state index contributed by atoms with van der Waals surface area (Å²) in [5.41, 5.74) is 1.41. The average Bonchev–Trinajstić information content (AvgIpc) is 2.73. The van der Waals surface area contributed by atoms with Crippen molar-refractivity contribution in [3.05, 3.63) is 59.9 Å². The van der Waals surface area contributed by atoms with E-state index in [0.717, 1.165) is 12.1 Å². The van der Waals surface area contributed by atoms with E-state index < -0.39 is 0 Å². The largest absolute Gasteiger partial charge is 0.342 e. The lowest BCUT2D eigenvalue weighted by Gasteiger charge is -2.32. The molecule has 1 fully saturated rings. The molecule has 2 aromatic rings. The summed E-state index contributed by atoms with van der Waals surface area (Å²) >= 11 is 0. The Kier molecular flexibility index (Phi) is 5.26. The van der Waals surface area contributed by atoms with Crippen molar-refractivity contribution in [1.29, 1.82) is 0 Å². The number of pyridine rings is 1. The van der Waals surface area contributed by atoms with Gasteiger partial charge in [0.05, 0.1) is 0 Å². The quantitative estimate of drug-likeness (QED) is 0.777. The lowest BCUT2D eigenvalue weighted by molar-refractivity contribution is -0.119. The molecule has 0 unspecified atom stereocenters. The number of para-hydroxylation sites is 1. The van der Waals surface area contributed by atoms with Crippen LogP contribution >= 0.6 is 0 Å². The fraction of sp³-hybridized carbons (Fsp3) is 0.263.